The largest absolute Gasteiger partial charge is 0.309 e. The van der Waals surface area contributed by atoms with E-state index in [1.54, 1.807) is 0 Å². The number of nitrogens with zero attached hydrogens (tertiary/aromatic N) is 4. The van der Waals surface area contributed by atoms with Crippen molar-refractivity contribution in [1.29, 1.82) is 0 Å². The summed E-state index contributed by atoms with van der Waals surface area (Å²) in [6.07, 6.45) is 6.97. The molecule has 0 aliphatic heterocycles. The van der Waals surface area contributed by atoms with E-state index in [0.29, 0.717) is 17.5 Å². The monoisotopic (exact) mass is 652 g/mol. The first kappa shape index (κ1) is 30.4. The highest BCUT2D eigenvalue weighted by molar-refractivity contribution is 5.88. The molecule has 9 rings (SSSR count). The highest BCUT2D eigenvalue weighted by atomic mass is 15.0. The van der Waals surface area contributed by atoms with Crippen molar-refractivity contribution in [3.63, 3.8) is 0 Å². The van der Waals surface area contributed by atoms with Gasteiger partial charge >= 0.3 is 0 Å². The average Bonchev–Trinajstić information content (AvgIpc) is 3.52. The number of allylic oxidation sites excluding steroid dienone is 2. The first-order valence-corrected chi connectivity index (χ1v) is 17.3. The number of benzene rings is 6. The molecule has 4 heteroatoms. The van der Waals surface area contributed by atoms with Gasteiger partial charge in [0.15, 0.2) is 17.5 Å². The summed E-state index contributed by atoms with van der Waals surface area (Å²) in [6.45, 7) is 7.56. The Morgan fingerprint density at radius 3 is 1.75 bits per heavy atom. The molecule has 0 saturated heterocycles. The molecule has 6 aromatic carbocycles. The van der Waals surface area contributed by atoms with E-state index < -0.39 is 5.41 Å². The van der Waals surface area contributed by atoms with Crippen LogP contribution in [0, 0.1) is 6.57 Å². The van der Waals surface area contributed by atoms with Crippen LogP contribution in [-0.4, -0.2) is 21.0 Å². The van der Waals surface area contributed by atoms with Gasteiger partial charge in [-0.25, -0.2) is 21.5 Å². The summed E-state index contributed by atoms with van der Waals surface area (Å²) >= 11 is 0. The highest BCUT2D eigenvalue weighted by Crippen LogP contribution is 2.56. The van der Waals surface area contributed by atoms with Crippen molar-refractivity contribution in [3.8, 4) is 45.3 Å². The zero-order valence-electron chi connectivity index (χ0n) is 27.8. The number of rotatable bonds is 6. The van der Waals surface area contributed by atoms with Gasteiger partial charge in [-0.1, -0.05) is 158 Å². The molecule has 0 N–H and O–H groups in total. The van der Waals surface area contributed by atoms with Crippen LogP contribution >= 0.6 is 0 Å². The van der Waals surface area contributed by atoms with E-state index in [1.807, 2.05) is 42.5 Å². The van der Waals surface area contributed by atoms with Crippen LogP contribution in [0.25, 0.3) is 55.7 Å². The van der Waals surface area contributed by atoms with Crippen molar-refractivity contribution in [2.24, 2.45) is 0 Å². The molecule has 1 unspecified atom stereocenters. The van der Waals surface area contributed by atoms with Crippen molar-refractivity contribution >= 4 is 5.57 Å². The van der Waals surface area contributed by atoms with Gasteiger partial charge in [0.05, 0.1) is 5.41 Å². The molecule has 0 bridgehead atoms. The van der Waals surface area contributed by atoms with Gasteiger partial charge in [0.25, 0.3) is 0 Å². The van der Waals surface area contributed by atoms with E-state index in [2.05, 4.69) is 138 Å². The molecule has 4 nitrogen and oxygen atoms in total. The molecule has 1 heterocycles. The maximum absolute atomic E-state index is 7.56. The van der Waals surface area contributed by atoms with Gasteiger partial charge < -0.3 is 4.85 Å². The molecular weight excluding hydrogens is 621 g/mol. The maximum atomic E-state index is 7.56. The number of hydrogen-bond donors (Lipinski definition) is 0. The zero-order chi connectivity index (χ0) is 34.2. The van der Waals surface area contributed by atoms with Crippen LogP contribution in [0.2, 0.25) is 0 Å². The second-order valence-corrected chi connectivity index (χ2v) is 13.0. The van der Waals surface area contributed by atoms with Crippen LogP contribution in [0.15, 0.2) is 176 Å². The Balaban J connectivity index is 1.26. The van der Waals surface area contributed by atoms with Crippen molar-refractivity contribution in [2.45, 2.75) is 17.9 Å². The summed E-state index contributed by atoms with van der Waals surface area (Å²) in [5.74, 6) is 1.83. The molecule has 2 aliphatic carbocycles. The first-order valence-electron chi connectivity index (χ1n) is 17.3. The fraction of sp³-hybridized carbons (Fsp3) is 0.0638. The van der Waals surface area contributed by atoms with Gasteiger partial charge in [-0.15, -0.1) is 0 Å². The SMILES string of the molecule is [C-]#[N+]C1C=C(c2cccc(-c3nc(-c4ccccc4)nc(-c4ccc5c(c4)C(c4ccccc4)(c4ccccc4)c4ccccc4-5)n3)c2)C=CC1. The third kappa shape index (κ3) is 5.19. The minimum Gasteiger partial charge on any atom is -0.309 e. The van der Waals surface area contributed by atoms with Crippen LogP contribution < -0.4 is 0 Å². The minimum absolute atomic E-state index is 0.146. The second kappa shape index (κ2) is 12.6. The smallest absolute Gasteiger partial charge is 0.246 e. The zero-order valence-corrected chi connectivity index (χ0v) is 27.8. The molecule has 2 aliphatic rings. The predicted octanol–water partition coefficient (Wildman–Crippen LogP) is 10.9. The lowest BCUT2D eigenvalue weighted by atomic mass is 9.67. The van der Waals surface area contributed by atoms with Gasteiger partial charge in [-0.05, 0) is 56.6 Å². The maximum Gasteiger partial charge on any atom is 0.246 e. The van der Waals surface area contributed by atoms with Crippen LogP contribution in [-0.2, 0) is 5.41 Å². The van der Waals surface area contributed by atoms with E-state index in [4.69, 9.17) is 21.5 Å². The lowest BCUT2D eigenvalue weighted by Crippen LogP contribution is -2.28. The van der Waals surface area contributed by atoms with Gasteiger partial charge in [-0.3, -0.25) is 0 Å². The van der Waals surface area contributed by atoms with E-state index in [-0.39, 0.29) is 6.04 Å². The second-order valence-electron chi connectivity index (χ2n) is 13.0. The third-order valence-electron chi connectivity index (χ3n) is 10.1. The molecular formula is C47H32N4. The van der Waals surface area contributed by atoms with Crippen LogP contribution in [0.3, 0.4) is 0 Å². The fourth-order valence-corrected chi connectivity index (χ4v) is 7.72. The normalized spacial score (nSPS) is 15.4. The quantitative estimate of drug-likeness (QED) is 0.168. The molecule has 0 radical (unpaired) electrons. The summed E-state index contributed by atoms with van der Waals surface area (Å²) < 4.78 is 0. The summed E-state index contributed by atoms with van der Waals surface area (Å²) in [7, 11) is 0. The summed E-state index contributed by atoms with van der Waals surface area (Å²) in [6, 6.07) is 55.3. The van der Waals surface area contributed by atoms with Crippen LogP contribution in [0.4, 0.5) is 0 Å². The Morgan fingerprint density at radius 2 is 1.06 bits per heavy atom. The standard InChI is InChI=1S/C47H32N4/c1-48-39-24-14-18-34(30-39)33-17-13-19-35(29-33)45-49-44(32-15-5-2-6-16-32)50-46(51-45)36-27-28-41-40-25-11-12-26-42(40)47(43(41)31-36,37-20-7-3-8-21-37)38-22-9-4-10-23-38/h2-23,25-31,39H,24H2. The third-order valence-corrected chi connectivity index (χ3v) is 10.1. The van der Waals surface area contributed by atoms with Crippen molar-refractivity contribution in [1.82, 2.24) is 15.0 Å². The predicted molar refractivity (Wildman–Crippen MR) is 206 cm³/mol. The number of aromatic nitrogens is 3. The highest BCUT2D eigenvalue weighted by Gasteiger charge is 2.46. The summed E-state index contributed by atoms with van der Waals surface area (Å²) in [5, 5.41) is 0. The minimum atomic E-state index is -0.526. The van der Waals surface area contributed by atoms with Crippen LogP contribution in [0.5, 0.6) is 0 Å². The Morgan fingerprint density at radius 1 is 0.510 bits per heavy atom. The molecule has 0 amide bonds. The van der Waals surface area contributed by atoms with E-state index in [0.717, 1.165) is 34.2 Å². The van der Waals surface area contributed by atoms with Crippen LogP contribution in [0.1, 0.15) is 34.2 Å². The van der Waals surface area contributed by atoms with Crippen molar-refractivity contribution in [3.05, 3.63) is 215 Å². The molecule has 240 valence electrons. The lowest BCUT2D eigenvalue weighted by Gasteiger charge is -2.34. The van der Waals surface area contributed by atoms with Gasteiger partial charge in [0, 0.05) is 29.2 Å². The van der Waals surface area contributed by atoms with E-state index >= 15 is 0 Å². The van der Waals surface area contributed by atoms with Gasteiger partial charge in [0.2, 0.25) is 6.04 Å². The number of fused-ring (bicyclic) bond motifs is 3. The van der Waals surface area contributed by atoms with E-state index in [1.165, 1.54) is 33.4 Å². The summed E-state index contributed by atoms with van der Waals surface area (Å²) in [4.78, 5) is 19.1. The molecule has 51 heavy (non-hydrogen) atoms. The van der Waals surface area contributed by atoms with E-state index in [9.17, 15) is 0 Å². The molecule has 0 fully saturated rings. The Kier molecular flexibility index (Phi) is 7.52. The molecule has 0 saturated carbocycles. The fourth-order valence-electron chi connectivity index (χ4n) is 7.72. The van der Waals surface area contributed by atoms with Crippen molar-refractivity contribution in [2.75, 3.05) is 0 Å². The van der Waals surface area contributed by atoms with Gasteiger partial charge in [-0.2, -0.15) is 0 Å². The Hall–Kier alpha value is -6.70. The average molecular weight is 653 g/mol. The first-order chi connectivity index (χ1) is 25.2. The molecule has 1 atom stereocenters. The molecule has 0 spiro atoms. The lowest BCUT2D eigenvalue weighted by molar-refractivity contribution is 0.768. The van der Waals surface area contributed by atoms with Crippen molar-refractivity contribution < 1.29 is 0 Å². The van der Waals surface area contributed by atoms with Gasteiger partial charge in [0.1, 0.15) is 0 Å². The summed E-state index contributed by atoms with van der Waals surface area (Å²) in [5.41, 5.74) is 11.6. The molecule has 1 aromatic heterocycles. The topological polar surface area (TPSA) is 43.0 Å². The Labute approximate surface area is 298 Å². The Bertz CT molecular complexity index is 2470. The molecule has 7 aromatic rings. The number of hydrogen-bond acceptors (Lipinski definition) is 3.